The fourth-order valence-electron chi connectivity index (χ4n) is 4.51. The first-order chi connectivity index (χ1) is 17.8. The number of piperidine rings is 1. The molecule has 1 saturated heterocycles. The Morgan fingerprint density at radius 2 is 1.81 bits per heavy atom. The van der Waals surface area contributed by atoms with Crippen LogP contribution < -0.4 is 15.5 Å². The second kappa shape index (κ2) is 12.2. The number of hydrogen-bond donors (Lipinski definition) is 3. The number of nitrogens with one attached hydrogen (secondary N) is 2. The summed E-state index contributed by atoms with van der Waals surface area (Å²) in [6.45, 7) is 2.86. The highest BCUT2D eigenvalue weighted by Crippen LogP contribution is 2.35. The van der Waals surface area contributed by atoms with Gasteiger partial charge in [-0.15, -0.1) is 0 Å². The zero-order chi connectivity index (χ0) is 26.4. The van der Waals surface area contributed by atoms with Gasteiger partial charge in [0.05, 0.1) is 29.9 Å². The second-order valence-corrected chi connectivity index (χ2v) is 9.46. The van der Waals surface area contributed by atoms with Crippen LogP contribution in [0.15, 0.2) is 29.7 Å². The van der Waals surface area contributed by atoms with E-state index in [-0.39, 0.29) is 29.8 Å². The Kier molecular flexibility index (Phi) is 8.80. The smallest absolute Gasteiger partial charge is 0.319 e. The van der Waals surface area contributed by atoms with Crippen molar-refractivity contribution in [3.05, 3.63) is 47.5 Å². The van der Waals surface area contributed by atoms with Gasteiger partial charge in [0.2, 0.25) is 5.95 Å². The zero-order valence-electron chi connectivity index (χ0n) is 20.6. The van der Waals surface area contributed by atoms with Gasteiger partial charge >= 0.3 is 6.03 Å². The molecule has 12 heteroatoms. The lowest BCUT2D eigenvalue weighted by molar-refractivity contribution is 0.0406. The Morgan fingerprint density at radius 3 is 2.46 bits per heavy atom. The molecule has 200 valence electrons. The number of nitrogens with zero attached hydrogens (tertiary/aromatic N) is 4. The topological polar surface area (TPSA) is 112 Å². The molecule has 1 atom stereocenters. The number of halogens is 3. The quantitative estimate of drug-likeness (QED) is 0.474. The summed E-state index contributed by atoms with van der Waals surface area (Å²) in [5, 5.41) is 18.2. The van der Waals surface area contributed by atoms with Crippen molar-refractivity contribution in [2.24, 2.45) is 5.16 Å². The van der Waals surface area contributed by atoms with E-state index in [2.05, 4.69) is 25.8 Å². The monoisotopic (exact) mass is 520 g/mol. The van der Waals surface area contributed by atoms with Gasteiger partial charge in [0, 0.05) is 38.5 Å². The number of carbonyl (C=O) groups excluding carboxylic acids is 1. The Bertz CT molecular complexity index is 1100. The van der Waals surface area contributed by atoms with Gasteiger partial charge in [-0.05, 0) is 50.2 Å². The van der Waals surface area contributed by atoms with Crippen LogP contribution in [0.4, 0.5) is 29.6 Å². The Hall–Kier alpha value is -3.41. The molecule has 1 saturated carbocycles. The lowest BCUT2D eigenvalue weighted by atomic mass is 9.83. The molecule has 1 aliphatic heterocycles. The van der Waals surface area contributed by atoms with E-state index in [1.54, 1.807) is 0 Å². The van der Waals surface area contributed by atoms with Crippen LogP contribution >= 0.6 is 0 Å². The van der Waals surface area contributed by atoms with Crippen molar-refractivity contribution >= 4 is 23.4 Å². The summed E-state index contributed by atoms with van der Waals surface area (Å²) in [7, 11) is 0. The van der Waals surface area contributed by atoms with E-state index in [4.69, 9.17) is 4.84 Å². The number of hydrogen-bond acceptors (Lipinski definition) is 7. The number of benzene rings is 1. The van der Waals surface area contributed by atoms with Gasteiger partial charge < -0.3 is 25.5 Å². The molecule has 3 N–H and O–H groups in total. The first-order valence-corrected chi connectivity index (χ1v) is 12.4. The van der Waals surface area contributed by atoms with E-state index >= 15 is 0 Å². The van der Waals surface area contributed by atoms with Crippen LogP contribution in [0.5, 0.6) is 0 Å². The van der Waals surface area contributed by atoms with Crippen LogP contribution in [0.1, 0.15) is 56.9 Å². The van der Waals surface area contributed by atoms with Crippen molar-refractivity contribution in [1.29, 1.82) is 0 Å². The van der Waals surface area contributed by atoms with Crippen LogP contribution in [0.25, 0.3) is 0 Å². The predicted octanol–water partition coefficient (Wildman–Crippen LogP) is 4.10. The van der Waals surface area contributed by atoms with Crippen molar-refractivity contribution < 1.29 is 27.9 Å². The summed E-state index contributed by atoms with van der Waals surface area (Å²) < 4.78 is 42.4. The van der Waals surface area contributed by atoms with Crippen LogP contribution in [0, 0.1) is 17.5 Å². The molecule has 0 bridgehead atoms. The zero-order valence-corrected chi connectivity index (χ0v) is 20.6. The summed E-state index contributed by atoms with van der Waals surface area (Å²) >= 11 is 0. The summed E-state index contributed by atoms with van der Waals surface area (Å²) in [5.74, 6) is -1.43. The van der Waals surface area contributed by atoms with Gasteiger partial charge in [0.25, 0.3) is 0 Å². The number of carbonyl (C=O) groups is 1. The molecule has 9 nitrogen and oxygen atoms in total. The van der Waals surface area contributed by atoms with E-state index in [0.717, 1.165) is 43.1 Å². The maximum atomic E-state index is 14.8. The van der Waals surface area contributed by atoms with Gasteiger partial charge in [-0.2, -0.15) is 0 Å². The van der Waals surface area contributed by atoms with Crippen molar-refractivity contribution in [1.82, 2.24) is 15.3 Å². The van der Waals surface area contributed by atoms with Crippen molar-refractivity contribution in [3.8, 4) is 0 Å². The van der Waals surface area contributed by atoms with Crippen LogP contribution in [0.3, 0.4) is 0 Å². The molecule has 4 rings (SSSR count). The van der Waals surface area contributed by atoms with Crippen LogP contribution in [0.2, 0.25) is 0 Å². The lowest BCUT2D eigenvalue weighted by Crippen LogP contribution is -2.37. The largest absolute Gasteiger partial charge is 0.392 e. The average Bonchev–Trinajstić information content (AvgIpc) is 2.89. The van der Waals surface area contributed by atoms with Crippen LogP contribution in [-0.2, 0) is 4.84 Å². The van der Waals surface area contributed by atoms with Gasteiger partial charge in [-0.3, -0.25) is 0 Å². The molecule has 2 fully saturated rings. The van der Waals surface area contributed by atoms with E-state index in [1.807, 2.05) is 4.90 Å². The molecule has 1 aliphatic carbocycles. The number of aliphatic hydroxyl groups excluding tert-OH is 1. The lowest BCUT2D eigenvalue weighted by Gasteiger charge is -2.31. The maximum absolute atomic E-state index is 14.8. The molecule has 0 radical (unpaired) electrons. The van der Waals surface area contributed by atoms with Crippen molar-refractivity contribution in [3.63, 3.8) is 0 Å². The number of oxime groups is 1. The number of aromatic nitrogens is 2. The second-order valence-electron chi connectivity index (χ2n) is 9.46. The predicted molar refractivity (Wildman–Crippen MR) is 132 cm³/mol. The minimum atomic E-state index is -0.754. The van der Waals surface area contributed by atoms with E-state index in [1.165, 1.54) is 6.92 Å². The molecular formula is C25H31F3N6O3. The minimum Gasteiger partial charge on any atom is -0.392 e. The highest BCUT2D eigenvalue weighted by Gasteiger charge is 2.26. The maximum Gasteiger partial charge on any atom is 0.319 e. The van der Waals surface area contributed by atoms with Gasteiger partial charge in [0.1, 0.15) is 17.7 Å². The molecule has 2 amide bonds. The third-order valence-corrected chi connectivity index (χ3v) is 6.56. The normalized spacial score (nSPS) is 19.3. The molecule has 37 heavy (non-hydrogen) atoms. The van der Waals surface area contributed by atoms with Crippen molar-refractivity contribution in [2.45, 2.75) is 63.6 Å². The third kappa shape index (κ3) is 7.31. The third-order valence-electron chi connectivity index (χ3n) is 6.56. The first kappa shape index (κ1) is 26.6. The Balaban J connectivity index is 1.24. The van der Waals surface area contributed by atoms with Crippen LogP contribution in [-0.4, -0.2) is 58.7 Å². The van der Waals surface area contributed by atoms with E-state index in [9.17, 15) is 23.1 Å². The van der Waals surface area contributed by atoms with E-state index in [0.29, 0.717) is 44.7 Å². The summed E-state index contributed by atoms with van der Waals surface area (Å²) in [5.41, 5.74) is 0.921. The standard InChI is InChI=1S/C25H31F3N6O3/c1-15(35)12-31-25(36)32-23-11-21(27)20(10-22(23)28)16-2-4-18(5-3-16)33-37-19-6-8-34(9-7-19)24-29-13-17(26)14-30-24/h10-11,13-16,19,35H,2-9,12H2,1H3,(H2,31,32,36). The Labute approximate surface area is 213 Å². The minimum absolute atomic E-state index is 0.00611. The first-order valence-electron chi connectivity index (χ1n) is 12.4. The highest BCUT2D eigenvalue weighted by atomic mass is 19.1. The molecule has 1 aromatic carbocycles. The Morgan fingerprint density at radius 1 is 1.14 bits per heavy atom. The number of aliphatic hydroxyl groups is 1. The molecular weight excluding hydrogens is 489 g/mol. The molecule has 1 unspecified atom stereocenters. The van der Waals surface area contributed by atoms with Crippen molar-refractivity contribution in [2.75, 3.05) is 29.9 Å². The van der Waals surface area contributed by atoms with Gasteiger partial charge in [-0.25, -0.2) is 27.9 Å². The SMILES string of the molecule is CC(O)CNC(=O)Nc1cc(F)c(C2CCC(=NOC3CCN(c4ncc(F)cn4)CC3)CC2)cc1F. The number of rotatable bonds is 7. The molecule has 1 aromatic heterocycles. The molecule has 2 heterocycles. The highest BCUT2D eigenvalue weighted by molar-refractivity contribution is 5.89. The van der Waals surface area contributed by atoms with Gasteiger partial charge in [-0.1, -0.05) is 5.16 Å². The fourth-order valence-corrected chi connectivity index (χ4v) is 4.51. The summed E-state index contributed by atoms with van der Waals surface area (Å²) in [6.07, 6.45) is 5.45. The van der Waals surface area contributed by atoms with E-state index < -0.39 is 29.6 Å². The number of anilines is 2. The molecule has 2 aromatic rings. The summed E-state index contributed by atoms with van der Waals surface area (Å²) in [6, 6.07) is 1.41. The molecule has 0 spiro atoms. The average molecular weight is 521 g/mol. The van der Waals surface area contributed by atoms with Gasteiger partial charge in [0.15, 0.2) is 5.82 Å². The fraction of sp³-hybridized carbons (Fsp3) is 0.520. The summed E-state index contributed by atoms with van der Waals surface area (Å²) in [4.78, 5) is 27.6. The number of urea groups is 1. The molecule has 2 aliphatic rings. The number of amides is 2.